The minimum Gasteiger partial charge on any atom is -0.465 e. The minimum atomic E-state index is -4.48. The molecule has 1 aromatic rings. The van der Waals surface area contributed by atoms with Gasteiger partial charge in [-0.3, -0.25) is 10.1 Å². The van der Waals surface area contributed by atoms with Crippen molar-refractivity contribution >= 4 is 12.0 Å². The summed E-state index contributed by atoms with van der Waals surface area (Å²) in [6.07, 6.45) is -6.05. The number of carbonyl (C=O) groups is 2. The van der Waals surface area contributed by atoms with E-state index in [4.69, 9.17) is 5.11 Å². The molecule has 0 heterocycles. The van der Waals surface area contributed by atoms with Crippen molar-refractivity contribution < 1.29 is 27.9 Å². The fraction of sp³-hybridized carbons (Fsp3) is 0.111. The average molecular weight is 233 g/mol. The van der Waals surface area contributed by atoms with Gasteiger partial charge in [0, 0.05) is 5.56 Å². The third kappa shape index (κ3) is 2.97. The highest BCUT2D eigenvalue weighted by Gasteiger charge is 2.30. The lowest BCUT2D eigenvalue weighted by Gasteiger charge is -2.06. The van der Waals surface area contributed by atoms with Gasteiger partial charge in [0.05, 0.1) is 5.56 Å². The molecule has 2 N–H and O–H groups in total. The molecule has 0 aliphatic carbocycles. The molecular weight excluding hydrogens is 227 g/mol. The van der Waals surface area contributed by atoms with Crippen LogP contribution in [-0.2, 0) is 6.18 Å². The maximum atomic E-state index is 12.1. The van der Waals surface area contributed by atoms with Gasteiger partial charge in [0.15, 0.2) is 0 Å². The number of hydrogen-bond donors (Lipinski definition) is 2. The predicted molar refractivity (Wildman–Crippen MR) is 46.9 cm³/mol. The Labute approximate surface area is 87.7 Å². The molecule has 2 amide bonds. The first-order valence-corrected chi connectivity index (χ1v) is 4.02. The van der Waals surface area contributed by atoms with E-state index in [1.165, 1.54) is 5.32 Å². The number of imide groups is 1. The molecule has 0 bridgehead atoms. The molecule has 0 spiro atoms. The first-order chi connectivity index (χ1) is 7.30. The van der Waals surface area contributed by atoms with Crippen molar-refractivity contribution in [2.45, 2.75) is 6.18 Å². The number of benzene rings is 1. The normalized spacial score (nSPS) is 10.9. The van der Waals surface area contributed by atoms with Crippen LogP contribution in [0, 0.1) is 0 Å². The maximum absolute atomic E-state index is 12.1. The van der Waals surface area contributed by atoms with Crippen molar-refractivity contribution in [3.63, 3.8) is 0 Å². The summed E-state index contributed by atoms with van der Waals surface area (Å²) in [6, 6.07) is 3.22. The molecule has 0 aliphatic rings. The van der Waals surface area contributed by atoms with E-state index in [9.17, 15) is 22.8 Å². The van der Waals surface area contributed by atoms with Crippen molar-refractivity contribution in [3.05, 3.63) is 35.4 Å². The Morgan fingerprint density at radius 1 is 1.12 bits per heavy atom. The number of amides is 2. The SMILES string of the molecule is O=C(O)NC(=O)c1ccc(C(F)(F)F)cc1. The summed E-state index contributed by atoms with van der Waals surface area (Å²) in [5.41, 5.74) is -1.06. The Bertz CT molecular complexity index is 411. The first kappa shape index (κ1) is 12.0. The number of nitrogens with one attached hydrogen (secondary N) is 1. The molecule has 0 saturated carbocycles. The molecule has 0 aromatic heterocycles. The Morgan fingerprint density at radius 3 is 2.00 bits per heavy atom. The van der Waals surface area contributed by atoms with Crippen LogP contribution in [0.3, 0.4) is 0 Å². The zero-order chi connectivity index (χ0) is 12.3. The van der Waals surface area contributed by atoms with Crippen LogP contribution >= 0.6 is 0 Å². The molecule has 86 valence electrons. The van der Waals surface area contributed by atoms with Crippen molar-refractivity contribution in [1.29, 1.82) is 0 Å². The van der Waals surface area contributed by atoms with Crippen LogP contribution in [0.4, 0.5) is 18.0 Å². The van der Waals surface area contributed by atoms with Crippen LogP contribution in [0.15, 0.2) is 24.3 Å². The van der Waals surface area contributed by atoms with Gasteiger partial charge >= 0.3 is 12.3 Å². The lowest BCUT2D eigenvalue weighted by Crippen LogP contribution is -2.28. The lowest BCUT2D eigenvalue weighted by atomic mass is 10.1. The van der Waals surface area contributed by atoms with Gasteiger partial charge < -0.3 is 5.11 Å². The summed E-state index contributed by atoms with van der Waals surface area (Å²) in [7, 11) is 0. The molecule has 7 heteroatoms. The second kappa shape index (κ2) is 4.21. The van der Waals surface area contributed by atoms with Gasteiger partial charge in [0.1, 0.15) is 0 Å². The van der Waals surface area contributed by atoms with E-state index in [0.29, 0.717) is 12.1 Å². The van der Waals surface area contributed by atoms with Gasteiger partial charge in [-0.05, 0) is 24.3 Å². The van der Waals surface area contributed by atoms with E-state index in [1.54, 1.807) is 0 Å². The monoisotopic (exact) mass is 233 g/mol. The molecule has 4 nitrogen and oxygen atoms in total. The van der Waals surface area contributed by atoms with Crippen LogP contribution in [0.2, 0.25) is 0 Å². The smallest absolute Gasteiger partial charge is 0.416 e. The fourth-order valence-electron chi connectivity index (χ4n) is 0.980. The van der Waals surface area contributed by atoms with Crippen LogP contribution in [-0.4, -0.2) is 17.1 Å². The zero-order valence-electron chi connectivity index (χ0n) is 7.71. The van der Waals surface area contributed by atoms with E-state index in [0.717, 1.165) is 12.1 Å². The van der Waals surface area contributed by atoms with Gasteiger partial charge in [-0.15, -0.1) is 0 Å². The number of halogens is 3. The van der Waals surface area contributed by atoms with Crippen molar-refractivity contribution in [1.82, 2.24) is 5.32 Å². The highest BCUT2D eigenvalue weighted by Crippen LogP contribution is 2.28. The number of hydrogen-bond acceptors (Lipinski definition) is 2. The molecule has 0 aliphatic heterocycles. The Morgan fingerprint density at radius 2 is 1.62 bits per heavy atom. The molecule has 0 radical (unpaired) electrons. The number of carbonyl (C=O) groups excluding carboxylic acids is 1. The Hall–Kier alpha value is -2.05. The predicted octanol–water partition coefficient (Wildman–Crippen LogP) is 2.11. The van der Waals surface area contributed by atoms with Gasteiger partial charge in [-0.1, -0.05) is 0 Å². The maximum Gasteiger partial charge on any atom is 0.416 e. The lowest BCUT2D eigenvalue weighted by molar-refractivity contribution is -0.137. The fourth-order valence-corrected chi connectivity index (χ4v) is 0.980. The van der Waals surface area contributed by atoms with E-state index in [2.05, 4.69) is 0 Å². The van der Waals surface area contributed by atoms with Gasteiger partial charge in [0.2, 0.25) is 0 Å². The standard InChI is InChI=1S/C9H6F3NO3/c10-9(11,12)6-3-1-5(2-4-6)7(14)13-8(15)16/h1-4H,(H,13,14)(H,15,16). The van der Waals surface area contributed by atoms with Crippen molar-refractivity contribution in [2.75, 3.05) is 0 Å². The highest BCUT2D eigenvalue weighted by molar-refractivity contribution is 6.02. The topological polar surface area (TPSA) is 66.4 Å². The first-order valence-electron chi connectivity index (χ1n) is 4.02. The van der Waals surface area contributed by atoms with Crippen LogP contribution in [0.5, 0.6) is 0 Å². The molecular formula is C9H6F3NO3. The number of alkyl halides is 3. The third-order valence-electron chi connectivity index (χ3n) is 1.69. The van der Waals surface area contributed by atoms with E-state index in [1.807, 2.05) is 0 Å². The van der Waals surface area contributed by atoms with Crippen LogP contribution in [0.25, 0.3) is 0 Å². The van der Waals surface area contributed by atoms with Crippen LogP contribution in [0.1, 0.15) is 15.9 Å². The average Bonchev–Trinajstić information content (AvgIpc) is 2.15. The molecule has 1 rings (SSSR count). The van der Waals surface area contributed by atoms with Crippen molar-refractivity contribution in [2.24, 2.45) is 0 Å². The molecule has 1 aromatic carbocycles. The Balaban J connectivity index is 2.87. The summed E-state index contributed by atoms with van der Waals surface area (Å²) in [5, 5.41) is 9.73. The molecule has 0 atom stereocenters. The summed E-state index contributed by atoms with van der Waals surface area (Å²) in [5.74, 6) is -0.971. The van der Waals surface area contributed by atoms with Gasteiger partial charge in [-0.25, -0.2) is 4.79 Å². The quantitative estimate of drug-likeness (QED) is 0.780. The van der Waals surface area contributed by atoms with Crippen molar-refractivity contribution in [3.8, 4) is 0 Å². The van der Waals surface area contributed by atoms with Gasteiger partial charge in [-0.2, -0.15) is 13.2 Å². The molecule has 16 heavy (non-hydrogen) atoms. The number of carboxylic acid groups (broad SMARTS) is 1. The minimum absolute atomic E-state index is 0.157. The summed E-state index contributed by atoms with van der Waals surface area (Å²) >= 11 is 0. The highest BCUT2D eigenvalue weighted by atomic mass is 19.4. The van der Waals surface area contributed by atoms with Crippen LogP contribution < -0.4 is 5.32 Å². The zero-order valence-corrected chi connectivity index (χ0v) is 7.71. The summed E-state index contributed by atoms with van der Waals surface area (Å²) in [4.78, 5) is 21.1. The molecule has 0 fully saturated rings. The van der Waals surface area contributed by atoms with E-state index in [-0.39, 0.29) is 5.56 Å². The third-order valence-corrected chi connectivity index (χ3v) is 1.69. The number of rotatable bonds is 1. The summed E-state index contributed by atoms with van der Waals surface area (Å²) < 4.78 is 36.4. The Kier molecular flexibility index (Phi) is 3.17. The largest absolute Gasteiger partial charge is 0.465 e. The van der Waals surface area contributed by atoms with Gasteiger partial charge in [0.25, 0.3) is 5.91 Å². The second-order valence-electron chi connectivity index (χ2n) is 2.83. The van der Waals surface area contributed by atoms with E-state index < -0.39 is 23.7 Å². The molecule has 0 saturated heterocycles. The van der Waals surface area contributed by atoms with E-state index >= 15 is 0 Å². The summed E-state index contributed by atoms with van der Waals surface area (Å²) in [6.45, 7) is 0. The molecule has 0 unspecified atom stereocenters. The second-order valence-corrected chi connectivity index (χ2v) is 2.83.